The third-order valence-electron chi connectivity index (χ3n) is 8.17. The lowest BCUT2D eigenvalue weighted by molar-refractivity contribution is -0.137. The van der Waals surface area contributed by atoms with Gasteiger partial charge >= 0.3 is 12.3 Å². The van der Waals surface area contributed by atoms with Crippen molar-refractivity contribution in [1.29, 1.82) is 0 Å². The van der Waals surface area contributed by atoms with Crippen LogP contribution in [0.1, 0.15) is 81.2 Å². The summed E-state index contributed by atoms with van der Waals surface area (Å²) in [5.41, 5.74) is 2.27. The Balaban J connectivity index is 1.33. The maximum atomic E-state index is 13.9. The normalized spacial score (nSPS) is 17.8. The molecule has 0 bridgehead atoms. The molecule has 3 N–H and O–H groups in total. The number of halogens is 3. The maximum Gasteiger partial charge on any atom is 0.421 e. The number of rotatable bonds is 6. The van der Waals surface area contributed by atoms with E-state index in [1.165, 1.54) is 0 Å². The zero-order valence-corrected chi connectivity index (χ0v) is 26.4. The second kappa shape index (κ2) is 11.9. The summed E-state index contributed by atoms with van der Waals surface area (Å²) < 4.78 is 47.4. The number of benzene rings is 2. The lowest BCUT2D eigenvalue weighted by Crippen LogP contribution is -2.42. The Kier molecular flexibility index (Phi) is 8.45. The van der Waals surface area contributed by atoms with Gasteiger partial charge in [0.25, 0.3) is 0 Å². The van der Waals surface area contributed by atoms with E-state index in [2.05, 4.69) is 25.9 Å². The molecule has 1 unspecified atom stereocenters. The largest absolute Gasteiger partial charge is 0.444 e. The van der Waals surface area contributed by atoms with Crippen molar-refractivity contribution in [2.24, 2.45) is 0 Å². The molecule has 2 aromatic carbocycles. The van der Waals surface area contributed by atoms with E-state index in [1.54, 1.807) is 36.9 Å². The fraction of sp³-hybridized carbons (Fsp3) is 0.455. The zero-order chi connectivity index (χ0) is 32.7. The quantitative estimate of drug-likeness (QED) is 0.261. The fourth-order valence-corrected chi connectivity index (χ4v) is 5.89. The van der Waals surface area contributed by atoms with E-state index >= 15 is 0 Å². The summed E-state index contributed by atoms with van der Waals surface area (Å²) in [7, 11) is 0. The fourth-order valence-electron chi connectivity index (χ4n) is 5.89. The van der Waals surface area contributed by atoms with Gasteiger partial charge in [-0.25, -0.2) is 9.78 Å². The summed E-state index contributed by atoms with van der Waals surface area (Å²) in [5, 5.41) is 8.75. The van der Waals surface area contributed by atoms with Crippen molar-refractivity contribution in [2.45, 2.75) is 84.0 Å². The molecule has 0 radical (unpaired) electrons. The average molecular weight is 625 g/mol. The molecule has 0 aliphatic carbocycles. The van der Waals surface area contributed by atoms with E-state index in [1.807, 2.05) is 45.9 Å². The molecule has 3 aromatic rings. The number of hydrogen-bond acceptors (Lipinski definition) is 7. The zero-order valence-electron chi connectivity index (χ0n) is 26.4. The number of aromatic nitrogens is 2. The molecule has 2 aliphatic heterocycles. The van der Waals surface area contributed by atoms with Gasteiger partial charge in [0.15, 0.2) is 0 Å². The van der Waals surface area contributed by atoms with E-state index in [9.17, 15) is 22.8 Å². The number of piperidine rings is 1. The number of alkyl halides is 3. The molecular formula is C33H39F3N6O3. The van der Waals surface area contributed by atoms with Gasteiger partial charge in [0.1, 0.15) is 17.0 Å². The Morgan fingerprint density at radius 3 is 2.62 bits per heavy atom. The molecule has 45 heavy (non-hydrogen) atoms. The van der Waals surface area contributed by atoms with Crippen LogP contribution in [0.3, 0.4) is 0 Å². The summed E-state index contributed by atoms with van der Waals surface area (Å²) >= 11 is 0. The van der Waals surface area contributed by atoms with Crippen LogP contribution in [0.4, 0.5) is 41.1 Å². The van der Waals surface area contributed by atoms with Crippen molar-refractivity contribution < 1.29 is 27.5 Å². The molecule has 0 saturated carbocycles. The first kappa shape index (κ1) is 32.1. The van der Waals surface area contributed by atoms with Crippen LogP contribution >= 0.6 is 0 Å². The van der Waals surface area contributed by atoms with Crippen LogP contribution in [0.25, 0.3) is 0 Å². The van der Waals surface area contributed by atoms with Gasteiger partial charge < -0.3 is 25.6 Å². The van der Waals surface area contributed by atoms with Crippen molar-refractivity contribution >= 4 is 35.1 Å². The number of aryl methyl sites for hydroxylation is 1. The molecule has 3 heterocycles. The van der Waals surface area contributed by atoms with Gasteiger partial charge in [0.05, 0.1) is 5.41 Å². The average Bonchev–Trinajstić information content (AvgIpc) is 3.19. The summed E-state index contributed by atoms with van der Waals surface area (Å²) in [6, 6.07) is 11.1. The Morgan fingerprint density at radius 2 is 1.93 bits per heavy atom. The summed E-state index contributed by atoms with van der Waals surface area (Å²) in [4.78, 5) is 35.0. The van der Waals surface area contributed by atoms with Gasteiger partial charge in [0, 0.05) is 43.1 Å². The van der Waals surface area contributed by atoms with Gasteiger partial charge in [-0.2, -0.15) is 18.2 Å². The molecule has 9 nitrogen and oxygen atoms in total. The van der Waals surface area contributed by atoms with Gasteiger partial charge in [-0.1, -0.05) is 24.3 Å². The topological polar surface area (TPSA) is 108 Å². The molecule has 1 saturated heterocycles. The molecule has 2 aliphatic rings. The predicted molar refractivity (Wildman–Crippen MR) is 167 cm³/mol. The lowest BCUT2D eigenvalue weighted by Gasteiger charge is -2.34. The van der Waals surface area contributed by atoms with Crippen LogP contribution in [0, 0.1) is 6.92 Å². The first-order chi connectivity index (χ1) is 21.0. The van der Waals surface area contributed by atoms with Gasteiger partial charge in [-0.05, 0) is 88.8 Å². The highest BCUT2D eigenvalue weighted by Crippen LogP contribution is 2.40. The first-order valence-electron chi connectivity index (χ1n) is 15.0. The van der Waals surface area contributed by atoms with Gasteiger partial charge in [-0.3, -0.25) is 4.79 Å². The van der Waals surface area contributed by atoms with Crippen LogP contribution in [0.15, 0.2) is 42.6 Å². The van der Waals surface area contributed by atoms with Crippen molar-refractivity contribution in [3.05, 3.63) is 70.4 Å². The first-order valence-corrected chi connectivity index (χ1v) is 15.0. The Labute approximate surface area is 261 Å². The van der Waals surface area contributed by atoms with Crippen LogP contribution in [-0.2, 0) is 27.7 Å². The number of carbonyl (C=O) groups is 2. The van der Waals surface area contributed by atoms with Crippen molar-refractivity contribution in [3.8, 4) is 0 Å². The van der Waals surface area contributed by atoms with E-state index < -0.39 is 22.8 Å². The molecule has 2 amide bonds. The standard InChI is InChI=1S/C33H39F3N6O3/c1-19-15-20(22-10-8-14-42(18-22)30(44)45-31(2,3)4)12-13-24(19)40-29-38-17-23(33(34,35)36)27(41-29)37-16-21-9-7-11-25-26(21)32(5,6)28(43)39-25/h7,9,11-13,15,17,22H,8,10,14,16,18H2,1-6H3,(H,39,43)(H2,37,38,40,41). The molecule has 5 rings (SSSR count). The third-order valence-corrected chi connectivity index (χ3v) is 8.17. The molecule has 0 spiro atoms. The van der Waals surface area contributed by atoms with Crippen LogP contribution in [-0.4, -0.2) is 45.6 Å². The molecule has 12 heteroatoms. The highest BCUT2D eigenvalue weighted by atomic mass is 19.4. The van der Waals surface area contributed by atoms with Crippen molar-refractivity contribution in [2.75, 3.05) is 29.0 Å². The number of carbonyl (C=O) groups excluding carboxylic acids is 2. The molecule has 1 atom stereocenters. The van der Waals surface area contributed by atoms with Gasteiger partial charge in [-0.15, -0.1) is 0 Å². The number of hydrogen-bond donors (Lipinski definition) is 3. The minimum atomic E-state index is -4.68. The maximum absolute atomic E-state index is 13.9. The Morgan fingerprint density at radius 1 is 1.18 bits per heavy atom. The molecule has 1 fully saturated rings. The van der Waals surface area contributed by atoms with Crippen LogP contribution in [0.2, 0.25) is 0 Å². The Bertz CT molecular complexity index is 1620. The third kappa shape index (κ3) is 6.99. The monoisotopic (exact) mass is 624 g/mol. The van der Waals surface area contributed by atoms with E-state index in [-0.39, 0.29) is 36.2 Å². The summed E-state index contributed by atoms with van der Waals surface area (Å²) in [6.07, 6.45) is -2.46. The highest BCUT2D eigenvalue weighted by Gasteiger charge is 2.40. The van der Waals surface area contributed by atoms with E-state index in [4.69, 9.17) is 4.74 Å². The Hall–Kier alpha value is -4.35. The van der Waals surface area contributed by atoms with Crippen LogP contribution < -0.4 is 16.0 Å². The van der Waals surface area contributed by atoms with E-state index in [0.29, 0.717) is 30.0 Å². The van der Waals surface area contributed by atoms with Crippen molar-refractivity contribution in [1.82, 2.24) is 14.9 Å². The molecule has 1 aromatic heterocycles. The van der Waals surface area contributed by atoms with Crippen molar-refractivity contribution in [3.63, 3.8) is 0 Å². The highest BCUT2D eigenvalue weighted by molar-refractivity contribution is 6.06. The van der Waals surface area contributed by atoms with E-state index in [0.717, 1.165) is 35.7 Å². The van der Waals surface area contributed by atoms with Crippen LogP contribution in [0.5, 0.6) is 0 Å². The smallest absolute Gasteiger partial charge is 0.421 e. The second-order valence-electron chi connectivity index (χ2n) is 13.2. The van der Waals surface area contributed by atoms with Gasteiger partial charge in [0.2, 0.25) is 11.9 Å². The number of amides is 2. The number of nitrogens with one attached hydrogen (secondary N) is 3. The lowest BCUT2D eigenvalue weighted by atomic mass is 9.83. The number of nitrogens with zero attached hydrogens (tertiary/aromatic N) is 3. The molecular weight excluding hydrogens is 585 g/mol. The summed E-state index contributed by atoms with van der Waals surface area (Å²) in [5.74, 6) is -0.399. The minimum absolute atomic E-state index is 0.00517. The predicted octanol–water partition coefficient (Wildman–Crippen LogP) is 7.50. The number of likely N-dealkylation sites (tertiary alicyclic amines) is 1. The second-order valence-corrected chi connectivity index (χ2v) is 13.2. The minimum Gasteiger partial charge on any atom is -0.444 e. The SMILES string of the molecule is Cc1cc(C2CCCN(C(=O)OC(C)(C)C)C2)ccc1Nc1ncc(C(F)(F)F)c(NCc2cccc3c2C(C)(C)C(=O)N3)n1. The number of ether oxygens (including phenoxy) is 1. The summed E-state index contributed by atoms with van der Waals surface area (Å²) in [6.45, 7) is 12.2. The number of anilines is 4. The molecule has 240 valence electrons. The number of fused-ring (bicyclic) bond motifs is 1.